The normalized spacial score (nSPS) is 11.8. The van der Waals surface area contributed by atoms with Crippen molar-refractivity contribution in [3.8, 4) is 0 Å². The topological polar surface area (TPSA) is 92.7 Å². The Balaban J connectivity index is 3.75. The number of carboxylic acid groups (broad SMARTS) is 1. The van der Waals surface area contributed by atoms with E-state index in [1.807, 2.05) is 0 Å². The van der Waals surface area contributed by atoms with E-state index in [0.717, 1.165) is 64.2 Å². The van der Waals surface area contributed by atoms with E-state index in [0.29, 0.717) is 12.8 Å². The molecule has 230 valence electrons. The lowest BCUT2D eigenvalue weighted by atomic mass is 10.0. The largest absolute Gasteiger partial charge is 0.480 e. The van der Waals surface area contributed by atoms with E-state index in [2.05, 4.69) is 19.2 Å². The van der Waals surface area contributed by atoms with Crippen molar-refractivity contribution in [3.05, 3.63) is 0 Å². The summed E-state index contributed by atoms with van der Waals surface area (Å²) in [6.07, 6.45) is 29.7. The minimum absolute atomic E-state index is 0.0223. The van der Waals surface area contributed by atoms with Crippen molar-refractivity contribution in [3.63, 3.8) is 0 Å². The zero-order chi connectivity index (χ0) is 28.8. The molecule has 0 aromatic carbocycles. The van der Waals surface area contributed by atoms with E-state index in [1.165, 1.54) is 89.9 Å². The van der Waals surface area contributed by atoms with Crippen LogP contribution in [0.1, 0.15) is 181 Å². The van der Waals surface area contributed by atoms with Gasteiger partial charge in [-0.1, -0.05) is 129 Å². The zero-order valence-electron chi connectivity index (χ0n) is 25.7. The second-order valence-corrected chi connectivity index (χ2v) is 11.4. The predicted molar refractivity (Wildman–Crippen MR) is 162 cm³/mol. The monoisotopic (exact) mass is 553 g/mol. The first-order valence-corrected chi connectivity index (χ1v) is 16.7. The third kappa shape index (κ3) is 29.2. The molecule has 0 aliphatic rings. The summed E-state index contributed by atoms with van der Waals surface area (Å²) < 4.78 is 5.83. The third-order valence-electron chi connectivity index (χ3n) is 7.53. The number of amides is 1. The fourth-order valence-electron chi connectivity index (χ4n) is 5.04. The number of ether oxygens (including phenoxy) is 1. The Labute approximate surface area is 240 Å². The van der Waals surface area contributed by atoms with Gasteiger partial charge in [0, 0.05) is 12.8 Å². The van der Waals surface area contributed by atoms with Crippen LogP contribution in [0.3, 0.4) is 0 Å². The summed E-state index contributed by atoms with van der Waals surface area (Å²) in [5.41, 5.74) is 0. The molecule has 39 heavy (non-hydrogen) atoms. The van der Waals surface area contributed by atoms with Crippen molar-refractivity contribution in [1.82, 2.24) is 5.32 Å². The highest BCUT2D eigenvalue weighted by Gasteiger charge is 2.14. The Bertz CT molecular complexity index is 580. The molecule has 0 heterocycles. The number of aliphatic carboxylic acids is 1. The van der Waals surface area contributed by atoms with Gasteiger partial charge in [-0.3, -0.25) is 14.4 Å². The fraction of sp³-hybridized carbons (Fsp3) is 0.909. The Hall–Kier alpha value is -1.59. The number of rotatable bonds is 30. The first-order valence-electron chi connectivity index (χ1n) is 16.7. The van der Waals surface area contributed by atoms with Crippen LogP contribution in [0.5, 0.6) is 0 Å². The molecule has 0 saturated heterocycles. The molecular formula is C33H63NO5. The molecule has 0 rings (SSSR count). The van der Waals surface area contributed by atoms with Gasteiger partial charge in [0.15, 0.2) is 0 Å². The summed E-state index contributed by atoms with van der Waals surface area (Å²) in [7, 11) is 0. The molecule has 1 amide bonds. The maximum atomic E-state index is 12.4. The van der Waals surface area contributed by atoms with Crippen molar-refractivity contribution in [2.45, 2.75) is 187 Å². The SMILES string of the molecule is CCCCCCCCCCCCCCCCCCC(=O)OC(CCCCC)CCCCCC(=O)NCC(=O)O. The number of hydrogen-bond acceptors (Lipinski definition) is 4. The van der Waals surface area contributed by atoms with Crippen molar-refractivity contribution in [2.75, 3.05) is 6.54 Å². The molecule has 1 atom stereocenters. The van der Waals surface area contributed by atoms with Crippen LogP contribution in [0.25, 0.3) is 0 Å². The molecule has 1 unspecified atom stereocenters. The lowest BCUT2D eigenvalue weighted by Crippen LogP contribution is -2.28. The van der Waals surface area contributed by atoms with Gasteiger partial charge in [0.1, 0.15) is 12.6 Å². The average Bonchev–Trinajstić information content (AvgIpc) is 2.91. The van der Waals surface area contributed by atoms with Crippen LogP contribution in [0.2, 0.25) is 0 Å². The van der Waals surface area contributed by atoms with Gasteiger partial charge in [0.25, 0.3) is 0 Å². The second kappa shape index (κ2) is 29.4. The highest BCUT2D eigenvalue weighted by molar-refractivity contribution is 5.80. The molecule has 0 bridgehead atoms. The Morgan fingerprint density at radius 1 is 0.564 bits per heavy atom. The van der Waals surface area contributed by atoms with Gasteiger partial charge < -0.3 is 15.2 Å². The van der Waals surface area contributed by atoms with Crippen LogP contribution in [0.15, 0.2) is 0 Å². The van der Waals surface area contributed by atoms with Crippen molar-refractivity contribution < 1.29 is 24.2 Å². The van der Waals surface area contributed by atoms with E-state index >= 15 is 0 Å². The number of unbranched alkanes of at least 4 members (excludes halogenated alkanes) is 19. The molecule has 2 N–H and O–H groups in total. The number of nitrogens with one attached hydrogen (secondary N) is 1. The van der Waals surface area contributed by atoms with Crippen LogP contribution in [-0.4, -0.2) is 35.6 Å². The number of carboxylic acids is 1. The lowest BCUT2D eigenvalue weighted by Gasteiger charge is -2.18. The van der Waals surface area contributed by atoms with Gasteiger partial charge in [0.2, 0.25) is 5.91 Å². The Morgan fingerprint density at radius 3 is 1.44 bits per heavy atom. The number of esters is 1. The summed E-state index contributed by atoms with van der Waals surface area (Å²) >= 11 is 0. The van der Waals surface area contributed by atoms with Gasteiger partial charge in [0.05, 0.1) is 0 Å². The van der Waals surface area contributed by atoms with E-state index in [-0.39, 0.29) is 24.5 Å². The smallest absolute Gasteiger partial charge is 0.322 e. The van der Waals surface area contributed by atoms with Gasteiger partial charge >= 0.3 is 11.9 Å². The summed E-state index contributed by atoms with van der Waals surface area (Å²) in [4.78, 5) is 34.5. The number of carbonyl (C=O) groups is 3. The predicted octanol–water partition coefficient (Wildman–Crippen LogP) is 9.28. The number of carbonyl (C=O) groups excluding carboxylic acids is 2. The van der Waals surface area contributed by atoms with Crippen molar-refractivity contribution in [2.24, 2.45) is 0 Å². The maximum Gasteiger partial charge on any atom is 0.322 e. The summed E-state index contributed by atoms with van der Waals surface area (Å²) in [6, 6.07) is 0. The van der Waals surface area contributed by atoms with E-state index in [9.17, 15) is 14.4 Å². The van der Waals surface area contributed by atoms with Gasteiger partial charge in [-0.25, -0.2) is 0 Å². The van der Waals surface area contributed by atoms with E-state index in [1.54, 1.807) is 0 Å². The summed E-state index contributed by atoms with van der Waals surface area (Å²) in [5, 5.41) is 11.0. The van der Waals surface area contributed by atoms with Crippen molar-refractivity contribution in [1.29, 1.82) is 0 Å². The summed E-state index contributed by atoms with van der Waals surface area (Å²) in [5.74, 6) is -1.31. The molecule has 0 spiro atoms. The molecule has 0 saturated carbocycles. The van der Waals surface area contributed by atoms with Gasteiger partial charge in [-0.15, -0.1) is 0 Å². The maximum absolute atomic E-state index is 12.4. The molecule has 0 aromatic heterocycles. The van der Waals surface area contributed by atoms with Gasteiger partial charge in [-0.2, -0.15) is 0 Å². The van der Waals surface area contributed by atoms with Crippen molar-refractivity contribution >= 4 is 17.8 Å². The molecule has 6 nitrogen and oxygen atoms in total. The molecule has 0 aromatic rings. The first-order chi connectivity index (χ1) is 19.0. The Kier molecular flexibility index (Phi) is 28.2. The van der Waals surface area contributed by atoms with Crippen LogP contribution in [0.4, 0.5) is 0 Å². The number of hydrogen-bond donors (Lipinski definition) is 2. The van der Waals surface area contributed by atoms with Crippen LogP contribution in [0, 0.1) is 0 Å². The highest BCUT2D eigenvalue weighted by Crippen LogP contribution is 2.17. The molecule has 0 aliphatic carbocycles. The molecule has 0 radical (unpaired) electrons. The lowest BCUT2D eigenvalue weighted by molar-refractivity contribution is -0.150. The minimum atomic E-state index is -1.03. The average molecular weight is 554 g/mol. The summed E-state index contributed by atoms with van der Waals surface area (Å²) in [6.45, 7) is 4.12. The zero-order valence-corrected chi connectivity index (χ0v) is 25.7. The molecule has 0 aliphatic heterocycles. The quantitative estimate of drug-likeness (QED) is 0.0683. The Morgan fingerprint density at radius 2 is 0.949 bits per heavy atom. The van der Waals surface area contributed by atoms with E-state index in [4.69, 9.17) is 9.84 Å². The third-order valence-corrected chi connectivity index (χ3v) is 7.53. The molecule has 0 fully saturated rings. The van der Waals surface area contributed by atoms with Crippen LogP contribution in [-0.2, 0) is 19.1 Å². The first kappa shape index (κ1) is 37.4. The van der Waals surface area contributed by atoms with Crippen LogP contribution >= 0.6 is 0 Å². The molecular weight excluding hydrogens is 490 g/mol. The minimum Gasteiger partial charge on any atom is -0.480 e. The van der Waals surface area contributed by atoms with Gasteiger partial charge in [-0.05, 0) is 38.5 Å². The van der Waals surface area contributed by atoms with E-state index < -0.39 is 5.97 Å². The van der Waals surface area contributed by atoms with Crippen LogP contribution < -0.4 is 5.32 Å². The standard InChI is InChI=1S/C33H63NO5/c1-3-5-7-8-9-10-11-12-13-14-15-16-17-18-19-24-28-33(38)39-30(25-21-6-4-2)26-22-20-23-27-31(35)34-29-32(36)37/h30H,3-29H2,1-2H3,(H,34,35)(H,36,37). The second-order valence-electron chi connectivity index (χ2n) is 11.4. The highest BCUT2D eigenvalue weighted by atomic mass is 16.5. The fourth-order valence-corrected chi connectivity index (χ4v) is 5.04. The molecule has 6 heteroatoms.